The Morgan fingerprint density at radius 2 is 1.33 bits per heavy atom. The molecule has 0 spiro atoms. The van der Waals surface area contributed by atoms with Crippen LogP contribution in [0, 0.1) is 16.7 Å². The van der Waals surface area contributed by atoms with Gasteiger partial charge in [-0.15, -0.1) is 23.2 Å². The summed E-state index contributed by atoms with van der Waals surface area (Å²) in [5.41, 5.74) is 0.542. The molecule has 0 rings (SSSR count). The van der Waals surface area contributed by atoms with E-state index in [1.165, 1.54) is 13.3 Å². The standard InChI is InChI=1S/C6H14.C2H3N.CH2Cl2/c1-5-6(2,3)4;1-2-3;2-1-3/h5H2,1-4H3;1H3;1H2. The van der Waals surface area contributed by atoms with Gasteiger partial charge in [-0.25, -0.2) is 0 Å². The van der Waals surface area contributed by atoms with E-state index in [-0.39, 0.29) is 5.34 Å². The number of rotatable bonds is 0. The molecule has 0 aromatic carbocycles. The Kier molecular flexibility index (Phi) is 20.4. The van der Waals surface area contributed by atoms with E-state index in [9.17, 15) is 0 Å². The minimum absolute atomic E-state index is 0.194. The maximum atomic E-state index is 7.32. The van der Waals surface area contributed by atoms with Crippen molar-refractivity contribution in [2.75, 3.05) is 5.34 Å². The summed E-state index contributed by atoms with van der Waals surface area (Å²) in [4.78, 5) is 0. The lowest BCUT2D eigenvalue weighted by Gasteiger charge is -2.12. The minimum atomic E-state index is 0.194. The van der Waals surface area contributed by atoms with Gasteiger partial charge in [0.25, 0.3) is 0 Å². The maximum Gasteiger partial charge on any atom is 0.0967 e. The van der Waals surface area contributed by atoms with Crippen molar-refractivity contribution in [3.8, 4) is 6.07 Å². The molecule has 0 fully saturated rings. The molecule has 0 aromatic rings. The Balaban J connectivity index is -0.000000115. The van der Waals surface area contributed by atoms with Crippen LogP contribution in [0.15, 0.2) is 0 Å². The Morgan fingerprint density at radius 1 is 1.25 bits per heavy atom. The van der Waals surface area contributed by atoms with Crippen LogP contribution >= 0.6 is 23.2 Å². The molecule has 0 amide bonds. The molecule has 0 saturated heterocycles. The van der Waals surface area contributed by atoms with Gasteiger partial charge in [-0.05, 0) is 5.41 Å². The van der Waals surface area contributed by atoms with Crippen molar-refractivity contribution in [3.05, 3.63) is 0 Å². The summed E-state index contributed by atoms with van der Waals surface area (Å²) in [7, 11) is 0. The van der Waals surface area contributed by atoms with E-state index in [4.69, 9.17) is 28.5 Å². The van der Waals surface area contributed by atoms with Crippen molar-refractivity contribution in [3.63, 3.8) is 0 Å². The molecule has 0 radical (unpaired) electrons. The SMILES string of the molecule is CC#N.CCC(C)(C)C.ClCCl. The van der Waals surface area contributed by atoms with Gasteiger partial charge in [0.1, 0.15) is 0 Å². The zero-order valence-electron chi connectivity index (χ0n) is 8.62. The van der Waals surface area contributed by atoms with Crippen LogP contribution in [0.25, 0.3) is 0 Å². The summed E-state index contributed by atoms with van der Waals surface area (Å²) in [6, 6.07) is 1.75. The number of hydrogen-bond acceptors (Lipinski definition) is 1. The summed E-state index contributed by atoms with van der Waals surface area (Å²) < 4.78 is 0. The van der Waals surface area contributed by atoms with E-state index in [0.717, 1.165) is 0 Å². The fraction of sp³-hybridized carbons (Fsp3) is 0.889. The zero-order valence-corrected chi connectivity index (χ0v) is 10.1. The van der Waals surface area contributed by atoms with Gasteiger partial charge in [0.05, 0.1) is 11.4 Å². The highest BCUT2D eigenvalue weighted by atomic mass is 35.5. The lowest BCUT2D eigenvalue weighted by molar-refractivity contribution is 0.398. The number of hydrogen-bond donors (Lipinski definition) is 0. The van der Waals surface area contributed by atoms with Crippen molar-refractivity contribution >= 4 is 23.2 Å². The summed E-state index contributed by atoms with van der Waals surface area (Å²) in [6.07, 6.45) is 1.27. The molecule has 3 heteroatoms. The van der Waals surface area contributed by atoms with E-state index < -0.39 is 0 Å². The first-order valence-electron chi connectivity index (χ1n) is 3.82. The number of alkyl halides is 2. The molecule has 74 valence electrons. The van der Waals surface area contributed by atoms with Crippen LogP contribution in [0.4, 0.5) is 0 Å². The van der Waals surface area contributed by atoms with Gasteiger partial charge in [-0.3, -0.25) is 0 Å². The smallest absolute Gasteiger partial charge is 0.0967 e. The van der Waals surface area contributed by atoms with Gasteiger partial charge >= 0.3 is 0 Å². The van der Waals surface area contributed by atoms with Crippen molar-refractivity contribution < 1.29 is 0 Å². The highest BCUT2D eigenvalue weighted by Gasteiger charge is 2.03. The van der Waals surface area contributed by atoms with Crippen LogP contribution < -0.4 is 0 Å². The van der Waals surface area contributed by atoms with E-state index in [2.05, 4.69) is 27.7 Å². The zero-order chi connectivity index (χ0) is 10.6. The van der Waals surface area contributed by atoms with Gasteiger partial charge in [0, 0.05) is 6.92 Å². The molecule has 0 bridgehead atoms. The second-order valence-corrected chi connectivity index (χ2v) is 4.05. The van der Waals surface area contributed by atoms with E-state index >= 15 is 0 Å². The average molecular weight is 212 g/mol. The summed E-state index contributed by atoms with van der Waals surface area (Å²) >= 11 is 9.53. The normalized spacial score (nSPS) is 8.17. The van der Waals surface area contributed by atoms with Crippen molar-refractivity contribution in [1.29, 1.82) is 5.26 Å². The number of halogens is 2. The molecule has 0 saturated carbocycles. The highest BCUT2D eigenvalue weighted by Crippen LogP contribution is 2.16. The summed E-state index contributed by atoms with van der Waals surface area (Å²) in [5, 5.41) is 7.51. The van der Waals surface area contributed by atoms with Crippen LogP contribution in [0.5, 0.6) is 0 Å². The molecule has 0 heterocycles. The summed E-state index contributed by atoms with van der Waals surface area (Å²) in [5.74, 6) is 0. The second kappa shape index (κ2) is 13.6. The summed E-state index contributed by atoms with van der Waals surface area (Å²) in [6.45, 7) is 10.4. The monoisotopic (exact) mass is 211 g/mol. The van der Waals surface area contributed by atoms with Crippen LogP contribution in [0.3, 0.4) is 0 Å². The van der Waals surface area contributed by atoms with Gasteiger partial charge in [0.15, 0.2) is 0 Å². The minimum Gasteiger partial charge on any atom is -0.199 e. The van der Waals surface area contributed by atoms with Gasteiger partial charge in [-0.1, -0.05) is 34.1 Å². The van der Waals surface area contributed by atoms with Gasteiger partial charge < -0.3 is 0 Å². The van der Waals surface area contributed by atoms with Crippen molar-refractivity contribution in [2.45, 2.75) is 41.0 Å². The molecule has 0 aliphatic carbocycles. The molecule has 0 aliphatic rings. The van der Waals surface area contributed by atoms with E-state index in [0.29, 0.717) is 5.41 Å². The molecule has 0 aliphatic heterocycles. The first-order valence-corrected chi connectivity index (χ1v) is 4.89. The first-order chi connectivity index (χ1) is 5.39. The average Bonchev–Trinajstić information content (AvgIpc) is 1.90. The third-order valence-corrected chi connectivity index (χ3v) is 1.06. The Hall–Kier alpha value is 0.0700. The largest absolute Gasteiger partial charge is 0.199 e. The molecule has 0 N–H and O–H groups in total. The second-order valence-electron chi connectivity index (χ2n) is 3.24. The van der Waals surface area contributed by atoms with Crippen LogP contribution in [-0.4, -0.2) is 5.34 Å². The molecule has 0 aromatic heterocycles. The predicted molar refractivity (Wildman–Crippen MR) is 57.6 cm³/mol. The molecule has 12 heavy (non-hydrogen) atoms. The van der Waals surface area contributed by atoms with Gasteiger partial charge in [0.2, 0.25) is 0 Å². The highest BCUT2D eigenvalue weighted by molar-refractivity contribution is 6.40. The van der Waals surface area contributed by atoms with Crippen molar-refractivity contribution in [2.24, 2.45) is 5.41 Å². The lowest BCUT2D eigenvalue weighted by atomic mass is 9.94. The molecule has 0 unspecified atom stereocenters. The third kappa shape index (κ3) is 87.9. The number of nitrogens with zero attached hydrogens (tertiary/aromatic N) is 1. The lowest BCUT2D eigenvalue weighted by Crippen LogP contribution is -2.00. The molecular weight excluding hydrogens is 193 g/mol. The third-order valence-electron chi connectivity index (χ3n) is 1.06. The molecular formula is C9H19Cl2N. The fourth-order valence-corrected chi connectivity index (χ4v) is 0. The van der Waals surface area contributed by atoms with Crippen molar-refractivity contribution in [1.82, 2.24) is 0 Å². The van der Waals surface area contributed by atoms with Crippen LogP contribution in [0.2, 0.25) is 0 Å². The van der Waals surface area contributed by atoms with Gasteiger partial charge in [-0.2, -0.15) is 5.26 Å². The maximum absolute atomic E-state index is 7.32. The Labute approximate surface area is 86.7 Å². The molecule has 1 nitrogen and oxygen atoms in total. The van der Waals surface area contributed by atoms with E-state index in [1.807, 2.05) is 0 Å². The number of nitriles is 1. The fourth-order valence-electron chi connectivity index (χ4n) is 0. The quantitative estimate of drug-likeness (QED) is 0.546. The molecule has 0 atom stereocenters. The Bertz CT molecular complexity index is 100. The van der Waals surface area contributed by atoms with Crippen LogP contribution in [0.1, 0.15) is 41.0 Å². The topological polar surface area (TPSA) is 23.8 Å². The van der Waals surface area contributed by atoms with E-state index in [1.54, 1.807) is 6.07 Å². The van der Waals surface area contributed by atoms with Crippen LogP contribution in [-0.2, 0) is 0 Å². The Morgan fingerprint density at radius 3 is 1.33 bits per heavy atom. The first kappa shape index (κ1) is 18.0. The predicted octanol–water partition coefficient (Wildman–Crippen LogP) is 4.39.